The highest BCUT2D eigenvalue weighted by atomic mass is 32.2. The van der Waals surface area contributed by atoms with Crippen LogP contribution in [-0.2, 0) is 21.0 Å². The SMILES string of the molecule is CC(C)(C(O)CC1OCCc2ccccc21)S(C)(=O)=O. The number of hydrogen-bond acceptors (Lipinski definition) is 4. The quantitative estimate of drug-likeness (QED) is 0.922. The van der Waals surface area contributed by atoms with Crippen molar-refractivity contribution in [2.45, 2.75) is 43.6 Å². The van der Waals surface area contributed by atoms with Crippen LogP contribution in [0.1, 0.15) is 37.5 Å². The summed E-state index contributed by atoms with van der Waals surface area (Å²) in [5.41, 5.74) is 2.27. The minimum Gasteiger partial charge on any atom is -0.391 e. The first-order chi connectivity index (χ1) is 9.23. The van der Waals surface area contributed by atoms with Gasteiger partial charge in [0.25, 0.3) is 0 Å². The van der Waals surface area contributed by atoms with Crippen LogP contribution in [0.2, 0.25) is 0 Å². The van der Waals surface area contributed by atoms with E-state index in [-0.39, 0.29) is 12.5 Å². The van der Waals surface area contributed by atoms with E-state index in [0.717, 1.165) is 18.2 Å². The molecule has 2 rings (SSSR count). The Morgan fingerprint density at radius 2 is 2.05 bits per heavy atom. The van der Waals surface area contributed by atoms with Crippen LogP contribution in [0.15, 0.2) is 24.3 Å². The van der Waals surface area contributed by atoms with Gasteiger partial charge in [0.15, 0.2) is 9.84 Å². The molecule has 5 heteroatoms. The molecule has 4 nitrogen and oxygen atoms in total. The van der Waals surface area contributed by atoms with Crippen LogP contribution < -0.4 is 0 Å². The van der Waals surface area contributed by atoms with Gasteiger partial charge in [0, 0.05) is 12.7 Å². The van der Waals surface area contributed by atoms with Gasteiger partial charge in [0.05, 0.1) is 23.6 Å². The maximum atomic E-state index is 11.8. The highest BCUT2D eigenvalue weighted by molar-refractivity contribution is 7.92. The summed E-state index contributed by atoms with van der Waals surface area (Å²) < 4.78 is 28.1. The van der Waals surface area contributed by atoms with Crippen molar-refractivity contribution in [1.29, 1.82) is 0 Å². The number of benzene rings is 1. The average molecular weight is 298 g/mol. The van der Waals surface area contributed by atoms with Crippen LogP contribution in [0.25, 0.3) is 0 Å². The van der Waals surface area contributed by atoms with E-state index in [0.29, 0.717) is 6.61 Å². The first-order valence-corrected chi connectivity index (χ1v) is 8.69. The number of aliphatic hydroxyl groups excluding tert-OH is 1. The zero-order chi connectivity index (χ0) is 15.0. The molecule has 2 unspecified atom stereocenters. The number of aliphatic hydroxyl groups is 1. The summed E-state index contributed by atoms with van der Waals surface area (Å²) in [7, 11) is -3.34. The van der Waals surface area contributed by atoms with E-state index in [2.05, 4.69) is 6.07 Å². The zero-order valence-corrected chi connectivity index (χ0v) is 13.0. The van der Waals surface area contributed by atoms with Gasteiger partial charge >= 0.3 is 0 Å². The fourth-order valence-electron chi connectivity index (χ4n) is 2.41. The van der Waals surface area contributed by atoms with E-state index < -0.39 is 20.7 Å². The van der Waals surface area contributed by atoms with Crippen molar-refractivity contribution < 1.29 is 18.3 Å². The highest BCUT2D eigenvalue weighted by Crippen LogP contribution is 2.34. The predicted octanol–water partition coefficient (Wildman–Crippen LogP) is 1.87. The summed E-state index contributed by atoms with van der Waals surface area (Å²) in [6, 6.07) is 7.96. The molecule has 1 aromatic rings. The maximum absolute atomic E-state index is 11.8. The molecule has 0 aromatic heterocycles. The molecular weight excluding hydrogens is 276 g/mol. The van der Waals surface area contributed by atoms with E-state index in [1.165, 1.54) is 5.56 Å². The molecule has 0 bridgehead atoms. The second kappa shape index (κ2) is 5.47. The molecule has 112 valence electrons. The van der Waals surface area contributed by atoms with Crippen LogP contribution in [0.3, 0.4) is 0 Å². The molecule has 0 fully saturated rings. The van der Waals surface area contributed by atoms with Gasteiger partial charge in [-0.1, -0.05) is 24.3 Å². The number of hydrogen-bond donors (Lipinski definition) is 1. The Morgan fingerprint density at radius 3 is 2.70 bits per heavy atom. The average Bonchev–Trinajstić information content (AvgIpc) is 2.37. The lowest BCUT2D eigenvalue weighted by Gasteiger charge is -2.33. The van der Waals surface area contributed by atoms with E-state index in [9.17, 15) is 13.5 Å². The Balaban J connectivity index is 2.20. The van der Waals surface area contributed by atoms with E-state index >= 15 is 0 Å². The van der Waals surface area contributed by atoms with Crippen molar-refractivity contribution in [2.24, 2.45) is 0 Å². The normalized spacial score (nSPS) is 21.3. The van der Waals surface area contributed by atoms with Crippen molar-refractivity contribution in [1.82, 2.24) is 0 Å². The lowest BCUT2D eigenvalue weighted by Crippen LogP contribution is -2.44. The van der Waals surface area contributed by atoms with Crippen LogP contribution in [0.4, 0.5) is 0 Å². The zero-order valence-electron chi connectivity index (χ0n) is 12.2. The summed E-state index contributed by atoms with van der Waals surface area (Å²) in [5.74, 6) is 0. The lowest BCUT2D eigenvalue weighted by molar-refractivity contribution is -0.00337. The third-order valence-corrected chi connectivity index (χ3v) is 6.47. The van der Waals surface area contributed by atoms with Gasteiger partial charge in [-0.15, -0.1) is 0 Å². The number of sulfone groups is 1. The van der Waals surface area contributed by atoms with Gasteiger partial charge in [0.1, 0.15) is 0 Å². The van der Waals surface area contributed by atoms with Crippen LogP contribution >= 0.6 is 0 Å². The Hall–Kier alpha value is -0.910. The first-order valence-electron chi connectivity index (χ1n) is 6.80. The van der Waals surface area contributed by atoms with Crippen LogP contribution in [-0.4, -0.2) is 37.2 Å². The van der Waals surface area contributed by atoms with Gasteiger partial charge in [0.2, 0.25) is 0 Å². The van der Waals surface area contributed by atoms with Crippen molar-refractivity contribution in [3.8, 4) is 0 Å². The maximum Gasteiger partial charge on any atom is 0.155 e. The molecular formula is C15H22O4S. The van der Waals surface area contributed by atoms with Gasteiger partial charge < -0.3 is 9.84 Å². The molecule has 0 saturated heterocycles. The molecule has 1 aliphatic rings. The predicted molar refractivity (Wildman–Crippen MR) is 78.4 cm³/mol. The minimum absolute atomic E-state index is 0.240. The third-order valence-electron chi connectivity index (χ3n) is 4.29. The van der Waals surface area contributed by atoms with Crippen molar-refractivity contribution in [3.05, 3.63) is 35.4 Å². The van der Waals surface area contributed by atoms with Crippen LogP contribution in [0, 0.1) is 0 Å². The van der Waals surface area contributed by atoms with Crippen molar-refractivity contribution in [3.63, 3.8) is 0 Å². The molecule has 1 aliphatic heterocycles. The van der Waals surface area contributed by atoms with Crippen molar-refractivity contribution in [2.75, 3.05) is 12.9 Å². The molecule has 0 aliphatic carbocycles. The van der Waals surface area contributed by atoms with Crippen LogP contribution in [0.5, 0.6) is 0 Å². The molecule has 0 amide bonds. The van der Waals surface area contributed by atoms with E-state index in [4.69, 9.17) is 4.74 Å². The third kappa shape index (κ3) is 2.90. The Morgan fingerprint density at radius 1 is 1.40 bits per heavy atom. The summed E-state index contributed by atoms with van der Waals surface area (Å²) in [5, 5.41) is 10.3. The topological polar surface area (TPSA) is 63.6 Å². The standard InChI is InChI=1S/C15H22O4S/c1-15(2,20(3,17)18)14(16)10-13-12-7-5-4-6-11(12)8-9-19-13/h4-7,13-14,16H,8-10H2,1-3H3. The Bertz CT molecular complexity index is 577. The second-order valence-corrected chi connectivity index (χ2v) is 8.53. The monoisotopic (exact) mass is 298 g/mol. The number of ether oxygens (including phenoxy) is 1. The number of rotatable bonds is 4. The molecule has 0 saturated carbocycles. The summed E-state index contributed by atoms with van der Waals surface area (Å²) in [6.07, 6.45) is 1.10. The second-order valence-electron chi connectivity index (χ2n) is 5.94. The van der Waals surface area contributed by atoms with Gasteiger partial charge in [-0.3, -0.25) is 0 Å². The molecule has 1 N–H and O–H groups in total. The van der Waals surface area contributed by atoms with Gasteiger partial charge in [-0.2, -0.15) is 0 Å². The summed E-state index contributed by atoms with van der Waals surface area (Å²) >= 11 is 0. The molecule has 1 aromatic carbocycles. The molecule has 2 atom stereocenters. The fourth-order valence-corrected chi connectivity index (χ4v) is 3.00. The molecule has 1 heterocycles. The van der Waals surface area contributed by atoms with Gasteiger partial charge in [-0.25, -0.2) is 8.42 Å². The number of fused-ring (bicyclic) bond motifs is 1. The molecule has 0 spiro atoms. The Kier molecular flexibility index (Phi) is 4.23. The van der Waals surface area contributed by atoms with E-state index in [1.807, 2.05) is 18.2 Å². The molecule has 0 radical (unpaired) electrons. The minimum atomic E-state index is -3.34. The smallest absolute Gasteiger partial charge is 0.155 e. The largest absolute Gasteiger partial charge is 0.391 e. The van der Waals surface area contributed by atoms with E-state index in [1.54, 1.807) is 13.8 Å². The van der Waals surface area contributed by atoms with Gasteiger partial charge in [-0.05, 0) is 31.4 Å². The van der Waals surface area contributed by atoms with Crippen molar-refractivity contribution >= 4 is 9.84 Å². The molecule has 20 heavy (non-hydrogen) atoms. The summed E-state index contributed by atoms with van der Waals surface area (Å²) in [4.78, 5) is 0. The Labute approximate surface area is 120 Å². The fraction of sp³-hybridized carbons (Fsp3) is 0.600. The lowest BCUT2D eigenvalue weighted by atomic mass is 9.91. The highest BCUT2D eigenvalue weighted by Gasteiger charge is 2.40. The first kappa shape index (κ1) is 15.5. The summed E-state index contributed by atoms with van der Waals surface area (Å²) in [6.45, 7) is 3.72.